The smallest absolute Gasteiger partial charge is 0.329 e. The maximum atomic E-state index is 11.7. The lowest BCUT2D eigenvalue weighted by Gasteiger charge is -2.17. The Kier molecular flexibility index (Phi) is 5.46. The number of carboxylic acids is 1. The van der Waals surface area contributed by atoms with Crippen molar-refractivity contribution in [2.75, 3.05) is 7.11 Å². The summed E-state index contributed by atoms with van der Waals surface area (Å²) in [4.78, 5) is 25.6. The van der Waals surface area contributed by atoms with E-state index in [0.717, 1.165) is 25.7 Å². The van der Waals surface area contributed by atoms with Crippen LogP contribution in [-0.4, -0.2) is 33.8 Å². The molecule has 1 heterocycles. The van der Waals surface area contributed by atoms with Crippen molar-refractivity contribution in [1.29, 1.82) is 0 Å². The van der Waals surface area contributed by atoms with E-state index >= 15 is 0 Å². The lowest BCUT2D eigenvalue weighted by Crippen LogP contribution is -2.13. The molecule has 7 nitrogen and oxygen atoms in total. The molecule has 2 aromatic rings. The number of benzene rings is 1. The van der Waals surface area contributed by atoms with E-state index in [1.54, 1.807) is 31.5 Å². The molecule has 1 fully saturated rings. The van der Waals surface area contributed by atoms with E-state index < -0.39 is 5.97 Å². The minimum absolute atomic E-state index is 0.151. The van der Waals surface area contributed by atoms with E-state index in [4.69, 9.17) is 9.47 Å². The predicted molar refractivity (Wildman–Crippen MR) is 97.4 cm³/mol. The number of imidazole rings is 1. The van der Waals surface area contributed by atoms with Crippen molar-refractivity contribution in [1.82, 2.24) is 9.55 Å². The van der Waals surface area contributed by atoms with Gasteiger partial charge in [-0.3, -0.25) is 9.36 Å². The minimum Gasteiger partial charge on any atom is -0.493 e. The van der Waals surface area contributed by atoms with E-state index in [1.165, 1.54) is 17.0 Å². The quantitative estimate of drug-likeness (QED) is 0.794. The summed E-state index contributed by atoms with van der Waals surface area (Å²) >= 11 is 0. The Labute approximate surface area is 150 Å². The summed E-state index contributed by atoms with van der Waals surface area (Å²) in [6.45, 7) is 0. The van der Waals surface area contributed by atoms with E-state index in [0.29, 0.717) is 22.6 Å². The summed E-state index contributed by atoms with van der Waals surface area (Å²) in [5.74, 6) is 0.220. The van der Waals surface area contributed by atoms with Gasteiger partial charge in [-0.1, -0.05) is 6.07 Å². The maximum absolute atomic E-state index is 11.7. The van der Waals surface area contributed by atoms with Gasteiger partial charge >= 0.3 is 11.7 Å². The molecule has 26 heavy (non-hydrogen) atoms. The molecule has 0 aliphatic heterocycles. The molecule has 1 aliphatic carbocycles. The molecule has 0 spiro atoms. The van der Waals surface area contributed by atoms with Crippen molar-refractivity contribution < 1.29 is 19.4 Å². The minimum atomic E-state index is -0.978. The van der Waals surface area contributed by atoms with Gasteiger partial charge in [0.2, 0.25) is 0 Å². The number of aromatic nitrogens is 2. The molecule has 1 aromatic heterocycles. The Hall–Kier alpha value is -2.96. The van der Waals surface area contributed by atoms with Crippen LogP contribution in [0.2, 0.25) is 0 Å². The van der Waals surface area contributed by atoms with Crippen LogP contribution in [-0.2, 0) is 4.79 Å². The number of hydrogen-bond donors (Lipinski definition) is 2. The van der Waals surface area contributed by atoms with Crippen LogP contribution in [0.4, 0.5) is 0 Å². The van der Waals surface area contributed by atoms with Gasteiger partial charge in [0.1, 0.15) is 0 Å². The van der Waals surface area contributed by atoms with Gasteiger partial charge in [-0.2, -0.15) is 0 Å². The van der Waals surface area contributed by atoms with Crippen LogP contribution in [0.15, 0.2) is 35.4 Å². The summed E-state index contributed by atoms with van der Waals surface area (Å²) in [7, 11) is 1.57. The molecule has 0 saturated heterocycles. The summed E-state index contributed by atoms with van der Waals surface area (Å²) in [5, 5.41) is 9.25. The zero-order valence-electron chi connectivity index (χ0n) is 14.6. The number of aromatic amines is 1. The zero-order chi connectivity index (χ0) is 18.5. The van der Waals surface area contributed by atoms with Crippen molar-refractivity contribution in [2.45, 2.75) is 38.2 Å². The molecule has 7 heteroatoms. The third kappa shape index (κ3) is 4.17. The maximum Gasteiger partial charge on any atom is 0.329 e. The number of nitrogens with one attached hydrogen (secondary N) is 1. The summed E-state index contributed by atoms with van der Waals surface area (Å²) in [6.07, 6.45) is 8.80. The van der Waals surface area contributed by atoms with Crippen LogP contribution < -0.4 is 15.2 Å². The van der Waals surface area contributed by atoms with Gasteiger partial charge in [-0.05, 0) is 49.0 Å². The first-order valence-corrected chi connectivity index (χ1v) is 8.60. The predicted octanol–water partition coefficient (Wildman–Crippen LogP) is 2.98. The Balaban J connectivity index is 1.97. The zero-order valence-corrected chi connectivity index (χ0v) is 14.6. The van der Waals surface area contributed by atoms with Crippen LogP contribution in [0.5, 0.6) is 11.5 Å². The Morgan fingerprint density at radius 1 is 1.35 bits per heavy atom. The van der Waals surface area contributed by atoms with Crippen LogP contribution in [0.25, 0.3) is 11.8 Å². The number of hydrogen-bond acceptors (Lipinski definition) is 4. The Bertz CT molecular complexity index is 859. The average molecular weight is 358 g/mol. The summed E-state index contributed by atoms with van der Waals surface area (Å²) < 4.78 is 12.8. The first-order valence-electron chi connectivity index (χ1n) is 8.60. The van der Waals surface area contributed by atoms with Gasteiger partial charge in [0.15, 0.2) is 11.5 Å². The van der Waals surface area contributed by atoms with Crippen LogP contribution in [0, 0.1) is 0 Å². The van der Waals surface area contributed by atoms with Crippen LogP contribution in [0.3, 0.4) is 0 Å². The molecule has 2 N–H and O–H groups in total. The molecular weight excluding hydrogens is 336 g/mol. The van der Waals surface area contributed by atoms with Gasteiger partial charge < -0.3 is 19.6 Å². The number of nitrogens with zero attached hydrogens (tertiary/aromatic N) is 1. The fraction of sp³-hybridized carbons (Fsp3) is 0.368. The molecule has 1 aliphatic rings. The third-order valence-electron chi connectivity index (χ3n) is 4.44. The number of aliphatic carboxylic acids is 1. The van der Waals surface area contributed by atoms with E-state index in [1.807, 2.05) is 0 Å². The second-order valence-electron chi connectivity index (χ2n) is 6.29. The summed E-state index contributed by atoms with van der Waals surface area (Å²) in [6, 6.07) is 5.31. The Morgan fingerprint density at radius 3 is 2.73 bits per heavy atom. The van der Waals surface area contributed by atoms with Crippen molar-refractivity contribution >= 4 is 17.7 Å². The molecule has 0 bridgehead atoms. The number of rotatable bonds is 7. The first-order chi connectivity index (χ1) is 12.6. The van der Waals surface area contributed by atoms with E-state index in [2.05, 4.69) is 4.98 Å². The third-order valence-corrected chi connectivity index (χ3v) is 4.44. The van der Waals surface area contributed by atoms with Gasteiger partial charge in [0, 0.05) is 18.6 Å². The van der Waals surface area contributed by atoms with Crippen molar-refractivity contribution in [3.63, 3.8) is 0 Å². The van der Waals surface area contributed by atoms with E-state index in [-0.39, 0.29) is 18.2 Å². The molecule has 3 rings (SSSR count). The lowest BCUT2D eigenvalue weighted by atomic mass is 10.0. The number of H-pyrrole nitrogens is 1. The molecule has 0 radical (unpaired) electrons. The van der Waals surface area contributed by atoms with Gasteiger partial charge in [-0.25, -0.2) is 4.79 Å². The monoisotopic (exact) mass is 358 g/mol. The molecule has 138 valence electrons. The molecule has 0 amide bonds. The van der Waals surface area contributed by atoms with E-state index in [9.17, 15) is 14.7 Å². The second kappa shape index (κ2) is 7.95. The molecule has 1 aromatic carbocycles. The highest BCUT2D eigenvalue weighted by molar-refractivity contribution is 5.89. The van der Waals surface area contributed by atoms with Crippen molar-refractivity contribution in [2.24, 2.45) is 0 Å². The van der Waals surface area contributed by atoms with Crippen LogP contribution in [0.1, 0.15) is 37.7 Å². The van der Waals surface area contributed by atoms with Gasteiger partial charge in [0.25, 0.3) is 0 Å². The molecular formula is C19H22N2O5. The SMILES string of the molecule is COc1ccc(C(=Cn2cc[nH]c2=O)CC(=O)O)cc1OC1CCCC1. The lowest BCUT2D eigenvalue weighted by molar-refractivity contribution is -0.135. The number of ether oxygens (including phenoxy) is 2. The highest BCUT2D eigenvalue weighted by Gasteiger charge is 2.19. The second-order valence-corrected chi connectivity index (χ2v) is 6.29. The van der Waals surface area contributed by atoms with Crippen molar-refractivity contribution in [3.8, 4) is 11.5 Å². The molecule has 0 atom stereocenters. The normalized spacial score (nSPS) is 15.2. The fourth-order valence-electron chi connectivity index (χ4n) is 3.14. The molecule has 1 saturated carbocycles. The number of carboxylic acid groups (broad SMARTS) is 1. The number of carbonyl (C=O) groups is 1. The highest BCUT2D eigenvalue weighted by Crippen LogP contribution is 2.35. The molecule has 0 unspecified atom stereocenters. The highest BCUT2D eigenvalue weighted by atomic mass is 16.5. The van der Waals surface area contributed by atoms with Gasteiger partial charge in [-0.15, -0.1) is 0 Å². The standard InChI is InChI=1S/C19H22N2O5/c1-25-16-7-6-13(10-17(16)26-15-4-2-3-5-15)14(11-18(22)23)12-21-9-8-20-19(21)24/h6-10,12,15H,2-5,11H2,1H3,(H,20,24)(H,22,23). The van der Waals surface area contributed by atoms with Crippen molar-refractivity contribution in [3.05, 3.63) is 46.6 Å². The topological polar surface area (TPSA) is 93.6 Å². The first kappa shape index (κ1) is 17.8. The Morgan fingerprint density at radius 2 is 2.12 bits per heavy atom. The average Bonchev–Trinajstić information content (AvgIpc) is 3.26. The number of methoxy groups -OCH3 is 1. The van der Waals surface area contributed by atoms with Gasteiger partial charge in [0.05, 0.1) is 19.6 Å². The fourth-order valence-corrected chi connectivity index (χ4v) is 3.14. The summed E-state index contributed by atoms with van der Waals surface area (Å²) in [5.41, 5.74) is 0.844. The largest absolute Gasteiger partial charge is 0.493 e. The van der Waals surface area contributed by atoms with Crippen LogP contribution >= 0.6 is 0 Å².